The van der Waals surface area contributed by atoms with E-state index in [1.807, 2.05) is 0 Å². The quantitative estimate of drug-likeness (QED) is 0.263. The molecule has 192 valence electrons. The van der Waals surface area contributed by atoms with Gasteiger partial charge in [0.05, 0.1) is 16.9 Å². The number of benzene rings is 2. The van der Waals surface area contributed by atoms with Gasteiger partial charge in [-0.15, -0.1) is 11.8 Å². The molecule has 0 spiro atoms. The Balaban J connectivity index is 1.73. The van der Waals surface area contributed by atoms with Crippen LogP contribution in [0.25, 0.3) is 16.8 Å². The van der Waals surface area contributed by atoms with Crippen molar-refractivity contribution in [1.82, 2.24) is 15.1 Å². The highest BCUT2D eigenvalue weighted by atomic mass is 35.5. The molecular formula is C23H17ClF7N3OS. The molecule has 13 heteroatoms. The molecule has 1 heterocycles. The lowest BCUT2D eigenvalue weighted by Crippen LogP contribution is -2.50. The molecule has 1 N–H and O–H groups in total. The number of hydrogen-bond donors (Lipinski definition) is 1. The van der Waals surface area contributed by atoms with Crippen LogP contribution in [0.3, 0.4) is 0 Å². The number of rotatable bonds is 6. The first-order chi connectivity index (χ1) is 16.8. The number of thioether (sulfide) groups is 1. The summed E-state index contributed by atoms with van der Waals surface area (Å²) in [5.74, 6) is -0.237. The molecule has 36 heavy (non-hydrogen) atoms. The van der Waals surface area contributed by atoms with Crippen LogP contribution < -0.4 is 5.32 Å². The van der Waals surface area contributed by atoms with Gasteiger partial charge in [-0.05, 0) is 48.9 Å². The molecule has 0 unspecified atom stereocenters. The van der Waals surface area contributed by atoms with Gasteiger partial charge in [-0.2, -0.15) is 31.4 Å². The largest absolute Gasteiger partial charge is 0.435 e. The maximum atomic E-state index is 14.6. The van der Waals surface area contributed by atoms with Crippen LogP contribution in [0.2, 0.25) is 5.02 Å². The standard InChI is InChI=1S/C23H17ClF7N3OS/c1-36-18-9-15(21(25,22(26,27)28)23(29,30)31)8-17(24)19(18)34-11-14(10-32-34)12-3-2-4-13(7-12)20(35)33-16-5-6-16/h2-4,7-11,16H,5-6H2,1H3,(H,33,35). The molecule has 1 aromatic heterocycles. The van der Waals surface area contributed by atoms with Gasteiger partial charge in [-0.25, -0.2) is 9.07 Å². The van der Waals surface area contributed by atoms with Crippen molar-refractivity contribution in [3.05, 3.63) is 64.9 Å². The third-order valence-corrected chi connectivity index (χ3v) is 6.65. The fraction of sp³-hybridized carbons (Fsp3) is 0.304. The van der Waals surface area contributed by atoms with Crippen molar-refractivity contribution >= 4 is 29.3 Å². The van der Waals surface area contributed by atoms with E-state index in [9.17, 15) is 35.5 Å². The van der Waals surface area contributed by atoms with Gasteiger partial charge in [-0.3, -0.25) is 4.79 Å². The summed E-state index contributed by atoms with van der Waals surface area (Å²) in [7, 11) is 0. The first-order valence-corrected chi connectivity index (χ1v) is 12.0. The number of nitrogens with zero attached hydrogens (tertiary/aromatic N) is 2. The van der Waals surface area contributed by atoms with E-state index in [0.717, 1.165) is 24.6 Å². The number of aromatic nitrogens is 2. The molecule has 0 saturated heterocycles. The number of amides is 1. The number of nitrogens with one attached hydrogen (secondary N) is 1. The molecule has 0 atom stereocenters. The Kier molecular flexibility index (Phi) is 6.80. The molecule has 1 amide bonds. The average molecular weight is 552 g/mol. The summed E-state index contributed by atoms with van der Waals surface area (Å²) in [6.45, 7) is 0. The molecule has 1 saturated carbocycles. The third kappa shape index (κ3) is 4.80. The van der Waals surface area contributed by atoms with E-state index in [-0.39, 0.29) is 22.5 Å². The SMILES string of the molecule is CSc1cc(C(F)(C(F)(F)F)C(F)(F)F)cc(Cl)c1-n1cc(-c2cccc(C(=O)NC3CC3)c2)cn1. The van der Waals surface area contributed by atoms with Crippen LogP contribution in [0.5, 0.6) is 0 Å². The van der Waals surface area contributed by atoms with Crippen LogP contribution in [0.1, 0.15) is 28.8 Å². The summed E-state index contributed by atoms with van der Waals surface area (Å²) in [6.07, 6.45) is -6.43. The van der Waals surface area contributed by atoms with Gasteiger partial charge in [0.15, 0.2) is 0 Å². The molecule has 0 radical (unpaired) electrons. The van der Waals surface area contributed by atoms with E-state index in [1.165, 1.54) is 23.3 Å². The van der Waals surface area contributed by atoms with Gasteiger partial charge in [0.1, 0.15) is 0 Å². The van der Waals surface area contributed by atoms with Gasteiger partial charge in [0, 0.05) is 33.8 Å². The highest BCUT2D eigenvalue weighted by molar-refractivity contribution is 7.98. The number of carbonyl (C=O) groups excluding carboxylic acids is 1. The zero-order valence-corrected chi connectivity index (χ0v) is 19.9. The van der Waals surface area contributed by atoms with Crippen molar-refractivity contribution in [2.45, 2.75) is 41.8 Å². The van der Waals surface area contributed by atoms with Crippen molar-refractivity contribution in [2.75, 3.05) is 6.26 Å². The van der Waals surface area contributed by atoms with Gasteiger partial charge in [0.25, 0.3) is 5.91 Å². The van der Waals surface area contributed by atoms with Crippen LogP contribution >= 0.6 is 23.4 Å². The van der Waals surface area contributed by atoms with E-state index in [1.54, 1.807) is 24.3 Å². The molecular weight excluding hydrogens is 535 g/mol. The lowest BCUT2D eigenvalue weighted by molar-refractivity contribution is -0.348. The minimum absolute atomic E-state index is 0.0199. The van der Waals surface area contributed by atoms with Crippen molar-refractivity contribution < 1.29 is 35.5 Å². The van der Waals surface area contributed by atoms with E-state index >= 15 is 0 Å². The monoisotopic (exact) mass is 551 g/mol. The summed E-state index contributed by atoms with van der Waals surface area (Å²) in [4.78, 5) is 12.2. The zero-order chi connectivity index (χ0) is 26.5. The van der Waals surface area contributed by atoms with Gasteiger partial charge < -0.3 is 5.32 Å². The first kappa shape index (κ1) is 26.3. The Morgan fingerprint density at radius 3 is 2.31 bits per heavy atom. The second-order valence-electron chi connectivity index (χ2n) is 8.17. The predicted molar refractivity (Wildman–Crippen MR) is 121 cm³/mol. The molecule has 4 nitrogen and oxygen atoms in total. The van der Waals surface area contributed by atoms with E-state index in [4.69, 9.17) is 11.6 Å². The smallest absolute Gasteiger partial charge is 0.349 e. The van der Waals surface area contributed by atoms with Crippen LogP contribution in [0, 0.1) is 0 Å². The first-order valence-electron chi connectivity index (χ1n) is 10.4. The molecule has 0 bridgehead atoms. The Labute approximate surface area is 209 Å². The Morgan fingerprint density at radius 1 is 1.06 bits per heavy atom. The molecule has 1 aliphatic rings. The Morgan fingerprint density at radius 2 is 1.72 bits per heavy atom. The lowest BCUT2D eigenvalue weighted by atomic mass is 9.94. The van der Waals surface area contributed by atoms with Gasteiger partial charge in [0.2, 0.25) is 0 Å². The minimum atomic E-state index is -6.26. The second-order valence-corrected chi connectivity index (χ2v) is 9.42. The van der Waals surface area contributed by atoms with Crippen molar-refractivity contribution in [3.8, 4) is 16.8 Å². The Bertz CT molecular complexity index is 1290. The van der Waals surface area contributed by atoms with E-state index in [2.05, 4.69) is 10.4 Å². The molecule has 2 aromatic carbocycles. The summed E-state index contributed by atoms with van der Waals surface area (Å²) in [6, 6.07) is 7.58. The second kappa shape index (κ2) is 9.29. The number of halogens is 8. The fourth-order valence-corrected chi connectivity index (χ4v) is 4.57. The average Bonchev–Trinajstić information content (AvgIpc) is 3.48. The van der Waals surface area contributed by atoms with E-state index in [0.29, 0.717) is 28.8 Å². The zero-order valence-electron chi connectivity index (χ0n) is 18.3. The van der Waals surface area contributed by atoms with Crippen molar-refractivity contribution in [1.29, 1.82) is 0 Å². The summed E-state index contributed by atoms with van der Waals surface area (Å²) in [5, 5.41) is 6.45. The number of alkyl halides is 7. The normalized spacial score (nSPS) is 14.7. The van der Waals surface area contributed by atoms with Crippen LogP contribution in [0.4, 0.5) is 30.7 Å². The summed E-state index contributed by atoms with van der Waals surface area (Å²) < 4.78 is 95.2. The lowest BCUT2D eigenvalue weighted by Gasteiger charge is -2.31. The third-order valence-electron chi connectivity index (χ3n) is 5.61. The maximum absolute atomic E-state index is 14.6. The Hall–Kier alpha value is -2.73. The van der Waals surface area contributed by atoms with Gasteiger partial charge in [-0.1, -0.05) is 23.7 Å². The molecule has 4 rings (SSSR count). The maximum Gasteiger partial charge on any atom is 0.435 e. The topological polar surface area (TPSA) is 46.9 Å². The van der Waals surface area contributed by atoms with Crippen LogP contribution in [0.15, 0.2) is 53.7 Å². The summed E-state index contributed by atoms with van der Waals surface area (Å²) >= 11 is 6.88. The minimum Gasteiger partial charge on any atom is -0.349 e. The van der Waals surface area contributed by atoms with Crippen LogP contribution in [-0.2, 0) is 5.67 Å². The van der Waals surface area contributed by atoms with Crippen molar-refractivity contribution in [2.24, 2.45) is 0 Å². The number of carbonyl (C=O) groups is 1. The summed E-state index contributed by atoms with van der Waals surface area (Å²) in [5.41, 5.74) is -5.79. The van der Waals surface area contributed by atoms with Crippen LogP contribution in [-0.4, -0.2) is 40.3 Å². The van der Waals surface area contributed by atoms with Gasteiger partial charge >= 0.3 is 18.0 Å². The highest BCUT2D eigenvalue weighted by Crippen LogP contribution is 2.54. The van der Waals surface area contributed by atoms with Crippen molar-refractivity contribution in [3.63, 3.8) is 0 Å². The highest BCUT2D eigenvalue weighted by Gasteiger charge is 2.73. The molecule has 0 aliphatic heterocycles. The molecule has 1 aliphatic carbocycles. The molecule has 3 aromatic rings. The van der Waals surface area contributed by atoms with E-state index < -0.39 is 28.6 Å². The predicted octanol–water partition coefficient (Wildman–Crippen LogP) is 7.10. The fourth-order valence-electron chi connectivity index (χ4n) is 3.57. The number of hydrogen-bond acceptors (Lipinski definition) is 3. The molecule has 1 fully saturated rings.